The van der Waals surface area contributed by atoms with Crippen molar-refractivity contribution in [2.45, 2.75) is 44.4 Å². The summed E-state index contributed by atoms with van der Waals surface area (Å²) >= 11 is 0. The molecule has 5 heteroatoms. The number of rotatable bonds is 4. The van der Waals surface area contributed by atoms with Gasteiger partial charge < -0.3 is 20.5 Å². The molecule has 1 aliphatic carbocycles. The third kappa shape index (κ3) is 3.01. The van der Waals surface area contributed by atoms with Gasteiger partial charge in [-0.1, -0.05) is 27.4 Å². The van der Waals surface area contributed by atoms with E-state index in [1.54, 1.807) is 0 Å². The van der Waals surface area contributed by atoms with Crippen molar-refractivity contribution in [1.29, 1.82) is 0 Å². The largest absolute Gasteiger partial charge is 0.504 e. The number of allylic oxidation sites excluding steroid dienone is 1. The summed E-state index contributed by atoms with van der Waals surface area (Å²) in [6.45, 7) is 10.7. The van der Waals surface area contributed by atoms with Crippen LogP contribution in [0.3, 0.4) is 0 Å². The molecule has 1 heterocycles. The second kappa shape index (κ2) is 6.03. The Labute approximate surface area is 163 Å². The highest BCUT2D eigenvalue weighted by atomic mass is 19.1. The number of hydrogen-bond donors (Lipinski definition) is 4. The van der Waals surface area contributed by atoms with Gasteiger partial charge in [0, 0.05) is 38.8 Å². The monoisotopic (exact) mass is 380 g/mol. The molecule has 1 saturated carbocycles. The summed E-state index contributed by atoms with van der Waals surface area (Å²) in [6, 6.07) is 10.9. The van der Waals surface area contributed by atoms with Crippen LogP contribution in [0.25, 0.3) is 10.9 Å². The lowest BCUT2D eigenvalue weighted by atomic mass is 9.92. The van der Waals surface area contributed by atoms with Gasteiger partial charge in [-0.25, -0.2) is 4.39 Å². The third-order valence-corrected chi connectivity index (χ3v) is 5.65. The lowest BCUT2D eigenvalue weighted by Crippen LogP contribution is -2.16. The maximum Gasteiger partial charge on any atom is 0.194 e. The minimum atomic E-state index is -0.822. The Morgan fingerprint density at radius 2 is 1.86 bits per heavy atom. The zero-order valence-corrected chi connectivity index (χ0v) is 16.4. The van der Waals surface area contributed by atoms with Crippen molar-refractivity contribution in [3.8, 4) is 11.5 Å². The minimum Gasteiger partial charge on any atom is -0.504 e. The van der Waals surface area contributed by atoms with Crippen molar-refractivity contribution in [3.63, 3.8) is 0 Å². The second-order valence-electron chi connectivity index (χ2n) is 8.75. The molecule has 1 aromatic heterocycles. The van der Waals surface area contributed by atoms with Crippen LogP contribution in [0.15, 0.2) is 48.7 Å². The number of aromatic nitrogens is 1. The molecule has 0 saturated heterocycles. The van der Waals surface area contributed by atoms with Crippen molar-refractivity contribution in [2.75, 3.05) is 5.32 Å². The Bertz CT molecular complexity index is 1060. The highest BCUT2D eigenvalue weighted by Crippen LogP contribution is 2.54. The summed E-state index contributed by atoms with van der Waals surface area (Å²) in [5.41, 5.74) is 4.14. The molecule has 3 aromatic rings. The van der Waals surface area contributed by atoms with Gasteiger partial charge in [0.1, 0.15) is 0 Å². The fourth-order valence-corrected chi connectivity index (χ4v) is 3.66. The predicted octanol–water partition coefficient (Wildman–Crippen LogP) is 5.67. The maximum absolute atomic E-state index is 13.9. The molecular weight excluding hydrogens is 355 g/mol. The van der Waals surface area contributed by atoms with E-state index >= 15 is 0 Å². The molecule has 0 unspecified atom stereocenters. The molecule has 4 rings (SSSR count). The fraction of sp³-hybridized carbons (Fsp3) is 0.304. The number of anilines is 1. The summed E-state index contributed by atoms with van der Waals surface area (Å²) in [5.74, 6) is -1.99. The quantitative estimate of drug-likeness (QED) is 0.441. The van der Waals surface area contributed by atoms with Crippen LogP contribution >= 0.6 is 0 Å². The maximum atomic E-state index is 13.9. The normalized spacial score (nSPS) is 15.6. The number of hydrogen-bond acceptors (Lipinski definition) is 3. The number of aromatic hydroxyl groups is 2. The van der Waals surface area contributed by atoms with Gasteiger partial charge in [-0.2, -0.15) is 0 Å². The standard InChI is InChI=1S/C23H25FN2O2/c1-13(23(7-8-23)15-11-17(24)21(28)19(27)12-15)25-16-5-6-18-14(9-16)10-20(26-18)22(2,3)4/h5-6,9-12,25-28H,1,7-8H2,2-4H3. The van der Waals surface area contributed by atoms with Gasteiger partial charge in [-0.05, 0) is 54.8 Å². The molecule has 28 heavy (non-hydrogen) atoms. The second-order valence-corrected chi connectivity index (χ2v) is 8.75. The first-order valence-corrected chi connectivity index (χ1v) is 9.42. The van der Waals surface area contributed by atoms with E-state index in [-0.39, 0.29) is 5.41 Å². The van der Waals surface area contributed by atoms with E-state index < -0.39 is 22.7 Å². The first kappa shape index (κ1) is 18.4. The van der Waals surface area contributed by atoms with Crippen LogP contribution in [0.4, 0.5) is 10.1 Å². The Morgan fingerprint density at radius 3 is 2.46 bits per heavy atom. The Hall–Kier alpha value is -2.95. The lowest BCUT2D eigenvalue weighted by molar-refractivity contribution is 0.377. The average molecular weight is 380 g/mol. The highest BCUT2D eigenvalue weighted by Gasteiger charge is 2.47. The van der Waals surface area contributed by atoms with E-state index in [4.69, 9.17) is 0 Å². The third-order valence-electron chi connectivity index (χ3n) is 5.65. The van der Waals surface area contributed by atoms with Gasteiger partial charge in [0.15, 0.2) is 17.3 Å². The average Bonchev–Trinajstić information content (AvgIpc) is 3.31. The van der Waals surface area contributed by atoms with Gasteiger partial charge in [0.25, 0.3) is 0 Å². The van der Waals surface area contributed by atoms with Crippen molar-refractivity contribution in [2.24, 2.45) is 0 Å². The van der Waals surface area contributed by atoms with Crippen molar-refractivity contribution in [3.05, 3.63) is 65.7 Å². The Morgan fingerprint density at radius 1 is 1.14 bits per heavy atom. The number of fused-ring (bicyclic) bond motifs is 1. The first-order chi connectivity index (χ1) is 13.1. The van der Waals surface area contributed by atoms with Crippen LogP contribution in [0.2, 0.25) is 0 Å². The number of benzene rings is 2. The highest BCUT2D eigenvalue weighted by molar-refractivity contribution is 5.84. The van der Waals surface area contributed by atoms with Crippen LogP contribution in [-0.4, -0.2) is 15.2 Å². The summed E-state index contributed by atoms with van der Waals surface area (Å²) in [7, 11) is 0. The van der Waals surface area contributed by atoms with E-state index in [1.165, 1.54) is 17.8 Å². The molecule has 2 aromatic carbocycles. The van der Waals surface area contributed by atoms with Crippen LogP contribution in [0, 0.1) is 5.82 Å². The van der Waals surface area contributed by atoms with Gasteiger partial charge >= 0.3 is 0 Å². The lowest BCUT2D eigenvalue weighted by Gasteiger charge is -2.21. The molecular formula is C23H25FN2O2. The summed E-state index contributed by atoms with van der Waals surface area (Å²) in [5, 5.41) is 23.7. The Balaban J connectivity index is 1.61. The zero-order chi connectivity index (χ0) is 20.3. The van der Waals surface area contributed by atoms with E-state index in [2.05, 4.69) is 49.8 Å². The number of phenolic OH excluding ortho intramolecular Hbond substituents is 2. The van der Waals surface area contributed by atoms with E-state index in [9.17, 15) is 14.6 Å². The van der Waals surface area contributed by atoms with Crippen LogP contribution in [0.1, 0.15) is 44.9 Å². The first-order valence-electron chi connectivity index (χ1n) is 9.42. The number of H-pyrrole nitrogens is 1. The minimum absolute atomic E-state index is 0.0409. The summed E-state index contributed by atoms with van der Waals surface area (Å²) < 4.78 is 13.9. The Kier molecular flexibility index (Phi) is 3.96. The van der Waals surface area contributed by atoms with Crippen LogP contribution in [-0.2, 0) is 10.8 Å². The molecule has 1 fully saturated rings. The fourth-order valence-electron chi connectivity index (χ4n) is 3.66. The van der Waals surface area contributed by atoms with Crippen molar-refractivity contribution in [1.82, 2.24) is 4.98 Å². The predicted molar refractivity (Wildman–Crippen MR) is 110 cm³/mol. The molecule has 0 atom stereocenters. The van der Waals surface area contributed by atoms with Gasteiger partial charge in [0.2, 0.25) is 0 Å². The molecule has 1 aliphatic rings. The molecule has 0 amide bonds. The number of halogens is 1. The summed E-state index contributed by atoms with van der Waals surface area (Å²) in [6.07, 6.45) is 1.62. The van der Waals surface area contributed by atoms with Gasteiger partial charge in [-0.15, -0.1) is 0 Å². The number of aromatic amines is 1. The molecule has 0 aliphatic heterocycles. The molecule has 4 nitrogen and oxygen atoms in total. The number of phenols is 2. The van der Waals surface area contributed by atoms with E-state index in [1.807, 2.05) is 12.1 Å². The molecule has 0 spiro atoms. The SMILES string of the molecule is C=C(Nc1ccc2[nH]c(C(C)(C)C)cc2c1)C1(c2cc(O)c(O)c(F)c2)CC1. The van der Waals surface area contributed by atoms with E-state index in [0.717, 1.165) is 35.1 Å². The van der Waals surface area contributed by atoms with Crippen LogP contribution in [0.5, 0.6) is 11.5 Å². The van der Waals surface area contributed by atoms with Crippen molar-refractivity contribution < 1.29 is 14.6 Å². The van der Waals surface area contributed by atoms with Crippen molar-refractivity contribution >= 4 is 16.6 Å². The molecule has 146 valence electrons. The molecule has 0 bridgehead atoms. The smallest absolute Gasteiger partial charge is 0.194 e. The number of nitrogens with one attached hydrogen (secondary N) is 2. The molecule has 4 N–H and O–H groups in total. The zero-order valence-electron chi connectivity index (χ0n) is 16.4. The van der Waals surface area contributed by atoms with Crippen LogP contribution < -0.4 is 5.32 Å². The van der Waals surface area contributed by atoms with E-state index in [0.29, 0.717) is 5.56 Å². The molecule has 0 radical (unpaired) electrons. The van der Waals surface area contributed by atoms with Gasteiger partial charge in [-0.3, -0.25) is 0 Å². The van der Waals surface area contributed by atoms with Gasteiger partial charge in [0.05, 0.1) is 0 Å². The topological polar surface area (TPSA) is 68.3 Å². The summed E-state index contributed by atoms with van der Waals surface area (Å²) in [4.78, 5) is 3.46.